The number of nitrogens with zero attached hydrogens (tertiary/aromatic N) is 4. The minimum absolute atomic E-state index is 0.396. The number of alkyl carbamates (subject to hydrolysis) is 1. The first-order valence-electron chi connectivity index (χ1n) is 9.57. The molecule has 0 saturated heterocycles. The zero-order chi connectivity index (χ0) is 19.9. The van der Waals surface area contributed by atoms with Crippen molar-refractivity contribution in [3.8, 4) is 5.69 Å². The van der Waals surface area contributed by atoms with E-state index in [1.54, 1.807) is 12.4 Å². The second-order valence-corrected chi connectivity index (χ2v) is 8.38. The van der Waals surface area contributed by atoms with E-state index in [2.05, 4.69) is 20.9 Å². The molecule has 1 fully saturated rings. The number of aryl methyl sites for hydroxylation is 1. The summed E-state index contributed by atoms with van der Waals surface area (Å²) in [6, 6.07) is 6.15. The molecule has 2 heterocycles. The maximum absolute atomic E-state index is 12.4. The van der Waals surface area contributed by atoms with Crippen molar-refractivity contribution in [3.63, 3.8) is 0 Å². The van der Waals surface area contributed by atoms with E-state index in [0.717, 1.165) is 41.8 Å². The van der Waals surface area contributed by atoms with Gasteiger partial charge in [-0.2, -0.15) is 4.57 Å². The number of fused-ring (bicyclic) bond motifs is 1. The molecule has 1 aromatic carbocycles. The molecule has 28 heavy (non-hydrogen) atoms. The van der Waals surface area contributed by atoms with E-state index >= 15 is 0 Å². The summed E-state index contributed by atoms with van der Waals surface area (Å²) in [6.07, 6.45) is 9.71. The lowest BCUT2D eigenvalue weighted by atomic mass is 9.76. The first-order chi connectivity index (χ1) is 13.3. The maximum atomic E-state index is 12.4. The molecule has 3 aromatic rings. The minimum Gasteiger partial charge on any atom is -0.444 e. The van der Waals surface area contributed by atoms with Gasteiger partial charge in [0.2, 0.25) is 5.69 Å². The van der Waals surface area contributed by atoms with E-state index in [1.165, 1.54) is 0 Å². The molecule has 1 saturated carbocycles. The van der Waals surface area contributed by atoms with Gasteiger partial charge in [-0.1, -0.05) is 0 Å². The van der Waals surface area contributed by atoms with Crippen molar-refractivity contribution < 1.29 is 14.1 Å². The van der Waals surface area contributed by atoms with E-state index in [9.17, 15) is 4.79 Å². The van der Waals surface area contributed by atoms with Crippen LogP contribution in [0.2, 0.25) is 0 Å². The summed E-state index contributed by atoms with van der Waals surface area (Å²) in [5.74, 6) is 0.872. The first kappa shape index (κ1) is 18.4. The molecule has 1 aliphatic rings. The first-order valence-corrected chi connectivity index (χ1v) is 9.57. The number of ether oxygens (including phenoxy) is 1. The highest BCUT2D eigenvalue weighted by Crippen LogP contribution is 2.41. The smallest absolute Gasteiger partial charge is 0.408 e. The maximum Gasteiger partial charge on any atom is 0.408 e. The lowest BCUT2D eigenvalue weighted by Gasteiger charge is -2.41. The molecule has 7 heteroatoms. The Kier molecular flexibility index (Phi) is 4.33. The van der Waals surface area contributed by atoms with Crippen LogP contribution in [0.15, 0.2) is 43.0 Å². The Balaban J connectivity index is 1.70. The normalized spacial score (nSPS) is 15.9. The van der Waals surface area contributed by atoms with Gasteiger partial charge in [0.25, 0.3) is 0 Å². The van der Waals surface area contributed by atoms with Gasteiger partial charge >= 0.3 is 6.09 Å². The Hall–Kier alpha value is -2.96. The van der Waals surface area contributed by atoms with Crippen molar-refractivity contribution in [1.29, 1.82) is 0 Å². The Morgan fingerprint density at radius 2 is 1.96 bits per heavy atom. The van der Waals surface area contributed by atoms with Gasteiger partial charge in [-0.3, -0.25) is 4.98 Å². The highest BCUT2D eigenvalue weighted by atomic mass is 16.6. The van der Waals surface area contributed by atoms with Crippen LogP contribution in [0.4, 0.5) is 4.79 Å². The number of hydrogen-bond acceptors (Lipinski definition) is 4. The molecule has 0 atom stereocenters. The fourth-order valence-electron chi connectivity index (χ4n) is 3.69. The molecule has 0 radical (unpaired) electrons. The van der Waals surface area contributed by atoms with Gasteiger partial charge < -0.3 is 14.6 Å². The second-order valence-electron chi connectivity index (χ2n) is 8.38. The zero-order valence-electron chi connectivity index (χ0n) is 16.8. The van der Waals surface area contributed by atoms with Gasteiger partial charge in [-0.25, -0.2) is 9.78 Å². The number of carbonyl (C=O) groups is 1. The Labute approximate surface area is 164 Å². The number of nitrogens with one attached hydrogen (secondary N) is 1. The highest BCUT2D eigenvalue weighted by Gasteiger charge is 2.44. The molecule has 146 valence electrons. The van der Waals surface area contributed by atoms with Crippen molar-refractivity contribution in [1.82, 2.24) is 19.9 Å². The topological polar surface area (TPSA) is 72.9 Å². The van der Waals surface area contributed by atoms with E-state index in [1.807, 2.05) is 56.9 Å². The third-order valence-electron chi connectivity index (χ3n) is 5.16. The predicted octanol–water partition coefficient (Wildman–Crippen LogP) is 3.15. The lowest BCUT2D eigenvalue weighted by Crippen LogP contribution is -2.53. The van der Waals surface area contributed by atoms with Gasteiger partial charge in [-0.05, 0) is 46.1 Å². The fraction of sp³-hybridized carbons (Fsp3) is 0.429. The van der Waals surface area contributed by atoms with Crippen LogP contribution in [0.5, 0.6) is 0 Å². The SMILES string of the molecule is Cn1c(C2(NC(=O)OC(C)(C)C)CCC2)nc2ccc(-[n+]3ccncc3)cc21. The molecular formula is C21H26N5O2+. The van der Waals surface area contributed by atoms with Gasteiger partial charge in [0.1, 0.15) is 17.0 Å². The zero-order valence-corrected chi connectivity index (χ0v) is 16.8. The minimum atomic E-state index is -0.530. The molecular weight excluding hydrogens is 354 g/mol. The third-order valence-corrected chi connectivity index (χ3v) is 5.16. The van der Waals surface area contributed by atoms with Crippen LogP contribution in [-0.2, 0) is 17.3 Å². The average Bonchev–Trinajstić information content (AvgIpc) is 2.94. The van der Waals surface area contributed by atoms with Crippen LogP contribution < -0.4 is 9.88 Å². The number of benzene rings is 1. The van der Waals surface area contributed by atoms with Gasteiger partial charge in [0.05, 0.1) is 23.4 Å². The summed E-state index contributed by atoms with van der Waals surface area (Å²) in [4.78, 5) is 21.4. The predicted molar refractivity (Wildman–Crippen MR) is 105 cm³/mol. The van der Waals surface area contributed by atoms with Gasteiger partial charge in [0, 0.05) is 19.2 Å². The largest absolute Gasteiger partial charge is 0.444 e. The standard InChI is InChI=1S/C21H25N5O2/c1-20(2,3)28-19(27)24-21(8-5-9-21)18-23-16-7-6-15(14-17(16)25(18)4)26-12-10-22-11-13-26/h6-7,10-14H,5,8-9H2,1-4H3/p+1. The molecule has 0 bridgehead atoms. The van der Waals surface area contributed by atoms with E-state index in [4.69, 9.17) is 9.72 Å². The number of amides is 1. The monoisotopic (exact) mass is 380 g/mol. The Morgan fingerprint density at radius 3 is 2.57 bits per heavy atom. The molecule has 0 aliphatic heterocycles. The van der Waals surface area contributed by atoms with Gasteiger partial charge in [-0.15, -0.1) is 0 Å². The molecule has 0 spiro atoms. The van der Waals surface area contributed by atoms with Crippen LogP contribution in [-0.4, -0.2) is 26.2 Å². The van der Waals surface area contributed by atoms with Crippen LogP contribution in [0.25, 0.3) is 16.7 Å². The van der Waals surface area contributed by atoms with Crippen molar-refractivity contribution in [2.75, 3.05) is 0 Å². The van der Waals surface area contributed by atoms with E-state index in [-0.39, 0.29) is 0 Å². The molecule has 4 rings (SSSR count). The van der Waals surface area contributed by atoms with E-state index < -0.39 is 17.2 Å². The van der Waals surface area contributed by atoms with E-state index in [0.29, 0.717) is 0 Å². The summed E-state index contributed by atoms with van der Waals surface area (Å²) in [7, 11) is 2.00. The second kappa shape index (κ2) is 6.58. The van der Waals surface area contributed by atoms with Gasteiger partial charge in [0.15, 0.2) is 12.4 Å². The van der Waals surface area contributed by atoms with Crippen molar-refractivity contribution in [2.45, 2.75) is 51.2 Å². The van der Waals surface area contributed by atoms with Crippen molar-refractivity contribution >= 4 is 17.1 Å². The summed E-state index contributed by atoms with van der Waals surface area (Å²) in [5.41, 5.74) is 1.97. The summed E-state index contributed by atoms with van der Waals surface area (Å²) < 4.78 is 9.58. The van der Waals surface area contributed by atoms with Crippen molar-refractivity contribution in [2.24, 2.45) is 7.05 Å². The summed E-state index contributed by atoms with van der Waals surface area (Å²) in [5, 5.41) is 3.09. The average molecular weight is 380 g/mol. The molecule has 7 nitrogen and oxygen atoms in total. The van der Waals surface area contributed by atoms with Crippen molar-refractivity contribution in [3.05, 3.63) is 48.8 Å². The van der Waals surface area contributed by atoms with Crippen LogP contribution >= 0.6 is 0 Å². The molecule has 1 aliphatic carbocycles. The Bertz CT molecular complexity index is 1020. The number of imidazole rings is 1. The number of aromatic nitrogens is 4. The third kappa shape index (κ3) is 3.32. The van der Waals surface area contributed by atoms with Crippen LogP contribution in [0, 0.1) is 0 Å². The quantitative estimate of drug-likeness (QED) is 0.709. The fourth-order valence-corrected chi connectivity index (χ4v) is 3.69. The summed E-state index contributed by atoms with van der Waals surface area (Å²) >= 11 is 0. The molecule has 0 unspecified atom stereocenters. The Morgan fingerprint density at radius 1 is 1.25 bits per heavy atom. The highest BCUT2D eigenvalue weighted by molar-refractivity contribution is 5.78. The summed E-state index contributed by atoms with van der Waals surface area (Å²) in [6.45, 7) is 5.61. The number of carbonyl (C=O) groups excluding carboxylic acids is 1. The number of rotatable bonds is 3. The lowest BCUT2D eigenvalue weighted by molar-refractivity contribution is -0.596. The molecule has 2 aromatic heterocycles. The number of hydrogen-bond donors (Lipinski definition) is 1. The van der Waals surface area contributed by atoms with Crippen LogP contribution in [0.3, 0.4) is 0 Å². The van der Waals surface area contributed by atoms with Crippen LogP contribution in [0.1, 0.15) is 45.9 Å². The molecule has 1 N–H and O–H groups in total. The molecule has 1 amide bonds.